The smallest absolute Gasteiger partial charge is 0.161 e. The van der Waals surface area contributed by atoms with Gasteiger partial charge in [0.15, 0.2) is 6.61 Å². The highest BCUT2D eigenvalue weighted by atomic mass is 16.3. The van der Waals surface area contributed by atoms with Crippen molar-refractivity contribution in [3.63, 3.8) is 0 Å². The topological polar surface area (TPSA) is 34.9 Å². The van der Waals surface area contributed by atoms with Gasteiger partial charge in [-0.3, -0.25) is 0 Å². The quantitative estimate of drug-likeness (QED) is 0.617. The third-order valence-electron chi connectivity index (χ3n) is 1.23. The maximum Gasteiger partial charge on any atom is 0.161 e. The van der Waals surface area contributed by atoms with Gasteiger partial charge in [0.05, 0.1) is 6.54 Å². The maximum atomic E-state index is 6.89. The van der Waals surface area contributed by atoms with Crippen LogP contribution in [0.25, 0.3) is 0 Å². The standard InChI is InChI=1S/C8H11NO/c10-7-6-9-8-4-2-1-3-5-8/h1-5,9-10H,6-7H2/p+1. The van der Waals surface area contributed by atoms with E-state index in [2.05, 4.69) is 5.32 Å². The molecular weight excluding hydrogens is 126 g/mol. The van der Waals surface area contributed by atoms with Crippen LogP contribution in [0.3, 0.4) is 0 Å². The van der Waals surface area contributed by atoms with Crippen LogP contribution in [0.1, 0.15) is 0 Å². The fourth-order valence-corrected chi connectivity index (χ4v) is 0.763. The van der Waals surface area contributed by atoms with Gasteiger partial charge in [-0.15, -0.1) is 0 Å². The fraction of sp³-hybridized carbons (Fsp3) is 0.250. The lowest BCUT2D eigenvalue weighted by atomic mass is 10.3. The molecule has 3 N–H and O–H groups in total. The summed E-state index contributed by atoms with van der Waals surface area (Å²) < 4.78 is 0. The van der Waals surface area contributed by atoms with Crippen molar-refractivity contribution < 1.29 is 5.11 Å². The zero-order chi connectivity index (χ0) is 7.23. The van der Waals surface area contributed by atoms with E-state index in [1.165, 1.54) is 0 Å². The van der Waals surface area contributed by atoms with E-state index >= 15 is 0 Å². The molecule has 0 amide bonds. The summed E-state index contributed by atoms with van der Waals surface area (Å²) in [7, 11) is 0. The van der Waals surface area contributed by atoms with Gasteiger partial charge in [-0.2, -0.15) is 0 Å². The second-order valence-corrected chi connectivity index (χ2v) is 2.04. The lowest BCUT2D eigenvalue weighted by Gasteiger charge is -2.00. The highest BCUT2D eigenvalue weighted by molar-refractivity contribution is 5.42. The first-order valence-corrected chi connectivity index (χ1v) is 3.37. The minimum absolute atomic E-state index is 0.425. The third kappa shape index (κ3) is 2.07. The highest BCUT2D eigenvalue weighted by Gasteiger charge is 1.86. The summed E-state index contributed by atoms with van der Waals surface area (Å²) in [6, 6.07) is 9.93. The molecule has 0 aliphatic rings. The van der Waals surface area contributed by atoms with Crippen molar-refractivity contribution in [2.75, 3.05) is 18.5 Å². The lowest BCUT2D eigenvalue weighted by Crippen LogP contribution is -2.04. The Morgan fingerprint density at radius 2 is 1.90 bits per heavy atom. The first-order chi connectivity index (χ1) is 4.93. The Kier molecular flexibility index (Phi) is 2.77. The molecule has 0 aromatic heterocycles. The summed E-state index contributed by atoms with van der Waals surface area (Å²) in [6.07, 6.45) is 0. The third-order valence-corrected chi connectivity index (χ3v) is 1.23. The van der Waals surface area contributed by atoms with Gasteiger partial charge in [0, 0.05) is 5.69 Å². The zero-order valence-corrected chi connectivity index (χ0v) is 5.80. The van der Waals surface area contributed by atoms with Crippen molar-refractivity contribution in [3.05, 3.63) is 30.3 Å². The van der Waals surface area contributed by atoms with Crippen LogP contribution in [0.5, 0.6) is 0 Å². The predicted molar refractivity (Wildman–Crippen MR) is 43.4 cm³/mol. The zero-order valence-electron chi connectivity index (χ0n) is 5.80. The van der Waals surface area contributed by atoms with Crippen LogP contribution in [-0.4, -0.2) is 18.3 Å². The molecule has 0 unspecified atom stereocenters. The summed E-state index contributed by atoms with van der Waals surface area (Å²) >= 11 is 0. The molecule has 2 heteroatoms. The molecule has 1 aromatic carbocycles. The normalized spacial score (nSPS) is 9.30. The number of para-hydroxylation sites is 1. The van der Waals surface area contributed by atoms with E-state index in [0.29, 0.717) is 6.61 Å². The van der Waals surface area contributed by atoms with Crippen LogP contribution in [-0.2, 0) is 0 Å². The van der Waals surface area contributed by atoms with Crippen LogP contribution in [0, 0.1) is 0 Å². The van der Waals surface area contributed by atoms with Gasteiger partial charge >= 0.3 is 0 Å². The SMILES string of the molecule is [OH2+]CCNc1ccccc1. The summed E-state index contributed by atoms with van der Waals surface area (Å²) in [6.45, 7) is 1.15. The molecule has 1 aromatic rings. The lowest BCUT2D eigenvalue weighted by molar-refractivity contribution is 0.311. The number of hydrogen-bond acceptors (Lipinski definition) is 1. The molecule has 0 saturated heterocycles. The first-order valence-electron chi connectivity index (χ1n) is 3.37. The largest absolute Gasteiger partial charge is 0.444 e. The molecule has 0 spiro atoms. The van der Waals surface area contributed by atoms with Crippen LogP contribution in [0.15, 0.2) is 30.3 Å². The molecule has 0 aliphatic carbocycles. The number of nitrogens with one attached hydrogen (secondary N) is 1. The Hall–Kier alpha value is -1.02. The Bertz CT molecular complexity index is 174. The average Bonchev–Trinajstić information content (AvgIpc) is 2.03. The fourth-order valence-electron chi connectivity index (χ4n) is 0.763. The van der Waals surface area contributed by atoms with Crippen LogP contribution < -0.4 is 5.32 Å². The van der Waals surface area contributed by atoms with E-state index in [1.807, 2.05) is 30.3 Å². The molecule has 0 atom stereocenters. The molecule has 0 radical (unpaired) electrons. The maximum absolute atomic E-state index is 6.89. The van der Waals surface area contributed by atoms with Crippen LogP contribution in [0.2, 0.25) is 0 Å². The van der Waals surface area contributed by atoms with Gasteiger partial charge in [-0.25, -0.2) is 0 Å². The summed E-state index contributed by atoms with van der Waals surface area (Å²) in [4.78, 5) is 0. The van der Waals surface area contributed by atoms with E-state index in [9.17, 15) is 0 Å². The Labute approximate surface area is 60.5 Å². The van der Waals surface area contributed by atoms with Gasteiger partial charge in [0.1, 0.15) is 0 Å². The molecular formula is C8H12NO+. The number of hydrogen-bond donors (Lipinski definition) is 1. The number of rotatable bonds is 3. The van der Waals surface area contributed by atoms with Crippen molar-refractivity contribution >= 4 is 5.69 Å². The highest BCUT2D eigenvalue weighted by Crippen LogP contribution is 2.02. The first kappa shape index (κ1) is 7.09. The predicted octanol–water partition coefficient (Wildman–Crippen LogP) is 0.823. The van der Waals surface area contributed by atoms with Crippen molar-refractivity contribution in [1.29, 1.82) is 0 Å². The average molecular weight is 138 g/mol. The van der Waals surface area contributed by atoms with Crippen LogP contribution in [0.4, 0.5) is 5.69 Å². The second-order valence-electron chi connectivity index (χ2n) is 2.04. The minimum atomic E-state index is 0.425. The number of anilines is 1. The molecule has 54 valence electrons. The van der Waals surface area contributed by atoms with E-state index in [4.69, 9.17) is 5.11 Å². The van der Waals surface area contributed by atoms with Gasteiger partial charge in [-0.05, 0) is 12.1 Å². The van der Waals surface area contributed by atoms with Crippen molar-refractivity contribution in [2.45, 2.75) is 0 Å². The molecule has 2 nitrogen and oxygen atoms in total. The Morgan fingerprint density at radius 3 is 2.50 bits per heavy atom. The van der Waals surface area contributed by atoms with Gasteiger partial charge in [0.25, 0.3) is 0 Å². The van der Waals surface area contributed by atoms with Crippen molar-refractivity contribution in [3.8, 4) is 0 Å². The van der Waals surface area contributed by atoms with Gasteiger partial charge < -0.3 is 10.4 Å². The van der Waals surface area contributed by atoms with Crippen molar-refractivity contribution in [1.82, 2.24) is 0 Å². The van der Waals surface area contributed by atoms with E-state index in [0.717, 1.165) is 12.2 Å². The van der Waals surface area contributed by atoms with E-state index in [-0.39, 0.29) is 0 Å². The number of benzene rings is 1. The summed E-state index contributed by atoms with van der Waals surface area (Å²) in [5.41, 5.74) is 1.09. The molecule has 0 aliphatic heterocycles. The Morgan fingerprint density at radius 1 is 1.20 bits per heavy atom. The second kappa shape index (κ2) is 3.90. The molecule has 0 heterocycles. The summed E-state index contributed by atoms with van der Waals surface area (Å²) in [5, 5.41) is 10.00. The van der Waals surface area contributed by atoms with Crippen molar-refractivity contribution in [2.24, 2.45) is 0 Å². The van der Waals surface area contributed by atoms with E-state index < -0.39 is 0 Å². The molecule has 0 fully saturated rings. The van der Waals surface area contributed by atoms with Gasteiger partial charge in [-0.1, -0.05) is 18.2 Å². The van der Waals surface area contributed by atoms with E-state index in [1.54, 1.807) is 0 Å². The minimum Gasteiger partial charge on any atom is -0.444 e. The Balaban J connectivity index is 2.43. The molecule has 10 heavy (non-hydrogen) atoms. The molecule has 0 bridgehead atoms. The monoisotopic (exact) mass is 138 g/mol. The molecule has 0 saturated carbocycles. The molecule has 1 rings (SSSR count). The summed E-state index contributed by atoms with van der Waals surface area (Å²) in [5.74, 6) is 0. The van der Waals surface area contributed by atoms with Gasteiger partial charge in [0.2, 0.25) is 0 Å². The van der Waals surface area contributed by atoms with Crippen LogP contribution >= 0.6 is 0 Å².